The van der Waals surface area contributed by atoms with Gasteiger partial charge in [0.2, 0.25) is 10.0 Å². The third kappa shape index (κ3) is 4.19. The smallest absolute Gasteiger partial charge is 0.238 e. The number of nitrogens with two attached hydrogens (primary N) is 1. The van der Waals surface area contributed by atoms with Crippen molar-refractivity contribution >= 4 is 15.7 Å². The molecule has 0 fully saturated rings. The van der Waals surface area contributed by atoms with E-state index < -0.39 is 10.0 Å². The summed E-state index contributed by atoms with van der Waals surface area (Å²) in [6.45, 7) is 2.90. The summed E-state index contributed by atoms with van der Waals surface area (Å²) in [5, 5.41) is 8.26. The number of sulfonamides is 1. The van der Waals surface area contributed by atoms with Crippen molar-refractivity contribution in [3.05, 3.63) is 18.2 Å². The Bertz CT molecular complexity index is 486. The molecule has 0 saturated carbocycles. The Morgan fingerprint density at radius 3 is 2.61 bits per heavy atom. The maximum absolute atomic E-state index is 11.3. The molecule has 0 aliphatic carbocycles. The largest absolute Gasteiger partial charge is 0.495 e. The minimum Gasteiger partial charge on any atom is -0.495 e. The molecule has 1 rings (SSSR count). The lowest BCUT2D eigenvalue weighted by Crippen LogP contribution is -2.13. The first kappa shape index (κ1) is 14.8. The number of hydrogen-bond donors (Lipinski definition) is 2. The van der Waals surface area contributed by atoms with E-state index in [-0.39, 0.29) is 4.90 Å². The number of hydrogen-bond acceptors (Lipinski definition) is 4. The summed E-state index contributed by atoms with van der Waals surface area (Å²) in [6.07, 6.45) is 3.29. The molecule has 3 N–H and O–H groups in total. The predicted molar refractivity (Wildman–Crippen MR) is 72.4 cm³/mol. The summed E-state index contributed by atoms with van der Waals surface area (Å²) in [5.41, 5.74) is 0.653. The van der Waals surface area contributed by atoms with Crippen LogP contribution in [0, 0.1) is 0 Å². The highest BCUT2D eigenvalue weighted by Gasteiger charge is 2.11. The Morgan fingerprint density at radius 2 is 2.06 bits per heavy atom. The van der Waals surface area contributed by atoms with Gasteiger partial charge in [0.25, 0.3) is 0 Å². The third-order valence-corrected chi connectivity index (χ3v) is 3.51. The summed E-state index contributed by atoms with van der Waals surface area (Å²) in [6, 6.07) is 4.54. The first-order valence-corrected chi connectivity index (χ1v) is 7.48. The van der Waals surface area contributed by atoms with Crippen LogP contribution in [0.5, 0.6) is 5.75 Å². The summed E-state index contributed by atoms with van der Waals surface area (Å²) in [4.78, 5) is 0.0845. The maximum atomic E-state index is 11.3. The monoisotopic (exact) mass is 272 g/mol. The van der Waals surface area contributed by atoms with Gasteiger partial charge in [0, 0.05) is 6.54 Å². The van der Waals surface area contributed by atoms with E-state index in [9.17, 15) is 8.42 Å². The van der Waals surface area contributed by atoms with Gasteiger partial charge in [-0.1, -0.05) is 19.8 Å². The molecule has 0 amide bonds. The van der Waals surface area contributed by atoms with E-state index in [0.717, 1.165) is 25.8 Å². The number of ether oxygens (including phenoxy) is 1. The van der Waals surface area contributed by atoms with Crippen LogP contribution in [0.25, 0.3) is 0 Å². The second-order valence-electron chi connectivity index (χ2n) is 4.04. The van der Waals surface area contributed by atoms with Crippen molar-refractivity contribution < 1.29 is 13.2 Å². The number of primary sulfonamides is 1. The molecular formula is C12H20N2O3S. The standard InChI is InChI=1S/C12H20N2O3S/c1-3-4-5-8-14-11-9-10(18(13,15)16)6-7-12(11)17-2/h6-7,9,14H,3-5,8H2,1-2H3,(H2,13,15,16). The Labute approximate surface area is 108 Å². The van der Waals surface area contributed by atoms with Gasteiger partial charge in [-0.25, -0.2) is 13.6 Å². The van der Waals surface area contributed by atoms with Crippen molar-refractivity contribution in [1.82, 2.24) is 0 Å². The summed E-state index contributed by atoms with van der Waals surface area (Å²) in [7, 11) is -2.14. The molecule has 18 heavy (non-hydrogen) atoms. The molecule has 0 radical (unpaired) electrons. The number of methoxy groups -OCH3 is 1. The quantitative estimate of drug-likeness (QED) is 0.743. The third-order valence-electron chi connectivity index (χ3n) is 2.60. The van der Waals surface area contributed by atoms with Gasteiger partial charge in [0.15, 0.2) is 0 Å². The lowest BCUT2D eigenvalue weighted by Gasteiger charge is -2.12. The molecule has 0 unspecified atom stereocenters. The Balaban J connectivity index is 2.86. The topological polar surface area (TPSA) is 81.4 Å². The fraction of sp³-hybridized carbons (Fsp3) is 0.500. The summed E-state index contributed by atoms with van der Waals surface area (Å²) < 4.78 is 27.7. The van der Waals surface area contributed by atoms with Gasteiger partial charge in [0.05, 0.1) is 17.7 Å². The minimum absolute atomic E-state index is 0.0845. The van der Waals surface area contributed by atoms with Gasteiger partial charge in [-0.2, -0.15) is 0 Å². The lowest BCUT2D eigenvalue weighted by molar-refractivity contribution is 0.416. The molecule has 0 heterocycles. The fourth-order valence-corrected chi connectivity index (χ4v) is 2.14. The van der Waals surface area contributed by atoms with Crippen LogP contribution >= 0.6 is 0 Å². The van der Waals surface area contributed by atoms with E-state index in [0.29, 0.717) is 11.4 Å². The molecule has 0 saturated heterocycles. The highest BCUT2D eigenvalue weighted by molar-refractivity contribution is 7.89. The van der Waals surface area contributed by atoms with Crippen LogP contribution in [-0.2, 0) is 10.0 Å². The molecule has 0 aliphatic heterocycles. The molecule has 0 aliphatic rings. The minimum atomic E-state index is -3.68. The van der Waals surface area contributed by atoms with E-state index in [1.807, 2.05) is 0 Å². The molecule has 1 aromatic rings. The second kappa shape index (κ2) is 6.61. The van der Waals surface area contributed by atoms with Gasteiger partial charge < -0.3 is 10.1 Å². The Kier molecular flexibility index (Phi) is 5.43. The zero-order valence-electron chi connectivity index (χ0n) is 10.8. The number of benzene rings is 1. The highest BCUT2D eigenvalue weighted by Crippen LogP contribution is 2.27. The van der Waals surface area contributed by atoms with Crippen LogP contribution < -0.4 is 15.2 Å². The normalized spacial score (nSPS) is 11.3. The molecule has 1 aromatic carbocycles. The van der Waals surface area contributed by atoms with Crippen molar-refractivity contribution in [1.29, 1.82) is 0 Å². The van der Waals surface area contributed by atoms with Crippen molar-refractivity contribution in [3.63, 3.8) is 0 Å². The second-order valence-corrected chi connectivity index (χ2v) is 5.60. The first-order chi connectivity index (χ1) is 8.49. The van der Waals surface area contributed by atoms with Gasteiger partial charge in [0.1, 0.15) is 5.75 Å². The van der Waals surface area contributed by atoms with Crippen molar-refractivity contribution in [2.45, 2.75) is 31.1 Å². The Hall–Kier alpha value is -1.27. The van der Waals surface area contributed by atoms with Gasteiger partial charge in [-0.3, -0.25) is 0 Å². The van der Waals surface area contributed by atoms with Crippen molar-refractivity contribution in [2.24, 2.45) is 5.14 Å². The maximum Gasteiger partial charge on any atom is 0.238 e. The molecule has 6 heteroatoms. The molecule has 0 spiro atoms. The SMILES string of the molecule is CCCCCNc1cc(S(N)(=O)=O)ccc1OC. The molecule has 0 atom stereocenters. The highest BCUT2D eigenvalue weighted by atomic mass is 32.2. The predicted octanol–water partition coefficient (Wildman–Crippen LogP) is 1.94. The average molecular weight is 272 g/mol. The number of rotatable bonds is 7. The fourth-order valence-electron chi connectivity index (χ4n) is 1.60. The van der Waals surface area contributed by atoms with Gasteiger partial charge >= 0.3 is 0 Å². The molecule has 0 bridgehead atoms. The van der Waals surface area contributed by atoms with Gasteiger partial charge in [-0.15, -0.1) is 0 Å². The zero-order chi connectivity index (χ0) is 13.6. The van der Waals surface area contributed by atoms with E-state index in [1.165, 1.54) is 12.1 Å². The van der Waals surface area contributed by atoms with Crippen LogP contribution in [0.15, 0.2) is 23.1 Å². The Morgan fingerprint density at radius 1 is 1.33 bits per heavy atom. The van der Waals surface area contributed by atoms with E-state index in [2.05, 4.69) is 12.2 Å². The van der Waals surface area contributed by atoms with Gasteiger partial charge in [-0.05, 0) is 24.6 Å². The van der Waals surface area contributed by atoms with Crippen LogP contribution in [0.2, 0.25) is 0 Å². The number of anilines is 1. The molecular weight excluding hydrogens is 252 g/mol. The molecule has 102 valence electrons. The van der Waals surface area contributed by atoms with Crippen molar-refractivity contribution in [3.8, 4) is 5.75 Å². The van der Waals surface area contributed by atoms with E-state index in [1.54, 1.807) is 13.2 Å². The van der Waals surface area contributed by atoms with Crippen LogP contribution in [0.1, 0.15) is 26.2 Å². The number of unbranched alkanes of at least 4 members (excludes halogenated alkanes) is 2. The van der Waals surface area contributed by atoms with Crippen molar-refractivity contribution in [2.75, 3.05) is 19.0 Å². The molecule has 0 aromatic heterocycles. The summed E-state index contributed by atoms with van der Waals surface area (Å²) in [5.74, 6) is 0.610. The molecule has 5 nitrogen and oxygen atoms in total. The van der Waals surface area contributed by atoms with E-state index in [4.69, 9.17) is 9.88 Å². The lowest BCUT2D eigenvalue weighted by atomic mass is 10.2. The van der Waals surface area contributed by atoms with E-state index >= 15 is 0 Å². The van der Waals surface area contributed by atoms with Crippen LogP contribution in [-0.4, -0.2) is 22.1 Å². The first-order valence-electron chi connectivity index (χ1n) is 5.93. The zero-order valence-corrected chi connectivity index (χ0v) is 11.6. The van der Waals surface area contributed by atoms with Crippen LogP contribution in [0.3, 0.4) is 0 Å². The number of nitrogens with one attached hydrogen (secondary N) is 1. The summed E-state index contributed by atoms with van der Waals surface area (Å²) >= 11 is 0. The van der Waals surface area contributed by atoms with Crippen LogP contribution in [0.4, 0.5) is 5.69 Å². The average Bonchev–Trinajstić information content (AvgIpc) is 2.33.